The van der Waals surface area contributed by atoms with Gasteiger partial charge in [0.1, 0.15) is 21.4 Å². The highest BCUT2D eigenvalue weighted by molar-refractivity contribution is 7.10. The molecule has 48 heavy (non-hydrogen) atoms. The average Bonchev–Trinajstić information content (AvgIpc) is 3.75. The normalized spacial score (nSPS) is 18.4. The number of hydrogen-bond acceptors (Lipinski definition) is 9. The van der Waals surface area contributed by atoms with Crippen LogP contribution >= 0.6 is 22.7 Å². The minimum Gasteiger partial charge on any atom is -0.351 e. The Morgan fingerprint density at radius 2 is 1.54 bits per heavy atom. The van der Waals surface area contributed by atoms with Gasteiger partial charge in [-0.3, -0.25) is 24.0 Å². The topological polar surface area (TPSA) is 154 Å². The van der Waals surface area contributed by atoms with Gasteiger partial charge in [-0.2, -0.15) is 0 Å². The van der Waals surface area contributed by atoms with Crippen molar-refractivity contribution in [2.45, 2.75) is 70.9 Å². The van der Waals surface area contributed by atoms with Gasteiger partial charge in [-0.1, -0.05) is 44.2 Å². The fourth-order valence-corrected chi connectivity index (χ4v) is 7.01. The van der Waals surface area contributed by atoms with Gasteiger partial charge in [0, 0.05) is 63.8 Å². The molecule has 4 bridgehead atoms. The largest absolute Gasteiger partial charge is 0.351 e. The number of carbonyl (C=O) groups excluding carboxylic acids is 5. The molecule has 14 heteroatoms. The molecule has 2 aromatic heterocycles. The van der Waals surface area contributed by atoms with E-state index in [0.717, 1.165) is 5.56 Å². The number of rotatable bonds is 7. The lowest BCUT2D eigenvalue weighted by Gasteiger charge is -2.24. The van der Waals surface area contributed by atoms with Crippen molar-refractivity contribution < 1.29 is 24.0 Å². The van der Waals surface area contributed by atoms with E-state index in [2.05, 4.69) is 39.8 Å². The molecule has 0 spiro atoms. The second kappa shape index (κ2) is 17.8. The SMILES string of the molecule is CC(C)C[C@@H]1NC(=O)CCCN(C(=O)CCC(=O)N(C)C)CCCNC(=O)c2csc(n2)[C@H](Cc2ccccc2)NC(=O)c2csc1n2. The molecule has 1 aromatic carbocycles. The first kappa shape index (κ1) is 36.7. The van der Waals surface area contributed by atoms with E-state index in [1.165, 1.54) is 27.6 Å². The third-order valence-corrected chi connectivity index (χ3v) is 9.78. The van der Waals surface area contributed by atoms with Crippen LogP contribution < -0.4 is 16.0 Å². The van der Waals surface area contributed by atoms with Gasteiger partial charge in [0.25, 0.3) is 11.8 Å². The summed E-state index contributed by atoms with van der Waals surface area (Å²) in [7, 11) is 3.30. The molecule has 0 saturated carbocycles. The summed E-state index contributed by atoms with van der Waals surface area (Å²) in [6, 6.07) is 8.86. The van der Waals surface area contributed by atoms with E-state index in [9.17, 15) is 24.0 Å². The lowest BCUT2D eigenvalue weighted by Crippen LogP contribution is -2.36. The van der Waals surface area contributed by atoms with E-state index in [4.69, 9.17) is 0 Å². The third-order valence-electron chi connectivity index (χ3n) is 7.86. The van der Waals surface area contributed by atoms with E-state index < -0.39 is 6.04 Å². The molecule has 1 aliphatic heterocycles. The van der Waals surface area contributed by atoms with Gasteiger partial charge in [0.05, 0.1) is 12.1 Å². The van der Waals surface area contributed by atoms with Gasteiger partial charge in [-0.15, -0.1) is 22.7 Å². The first-order valence-corrected chi connectivity index (χ1v) is 18.1. The predicted octanol–water partition coefficient (Wildman–Crippen LogP) is 4.13. The Morgan fingerprint density at radius 3 is 2.21 bits per heavy atom. The van der Waals surface area contributed by atoms with Crippen molar-refractivity contribution in [1.29, 1.82) is 0 Å². The molecule has 0 aliphatic carbocycles. The molecule has 1 aliphatic rings. The van der Waals surface area contributed by atoms with Gasteiger partial charge >= 0.3 is 0 Å². The summed E-state index contributed by atoms with van der Waals surface area (Å²) >= 11 is 2.62. The third kappa shape index (κ3) is 10.9. The second-order valence-electron chi connectivity index (χ2n) is 12.5. The Morgan fingerprint density at radius 1 is 0.896 bits per heavy atom. The summed E-state index contributed by atoms with van der Waals surface area (Å²) in [6.45, 7) is 5.13. The van der Waals surface area contributed by atoms with Crippen LogP contribution in [0.1, 0.15) is 101 Å². The molecular formula is C34H45N7O5S2. The van der Waals surface area contributed by atoms with Gasteiger partial charge in [-0.05, 0) is 37.2 Å². The number of benzene rings is 1. The minimum absolute atomic E-state index is 0.0664. The first-order chi connectivity index (χ1) is 23.0. The van der Waals surface area contributed by atoms with Crippen LogP contribution in [-0.2, 0) is 20.8 Å². The van der Waals surface area contributed by atoms with Crippen LogP contribution in [0, 0.1) is 5.92 Å². The molecule has 4 rings (SSSR count). The molecule has 3 aromatic rings. The van der Waals surface area contributed by atoms with Crippen LogP contribution in [0.4, 0.5) is 0 Å². The number of nitrogens with zero attached hydrogens (tertiary/aromatic N) is 4. The Hall–Kier alpha value is -4.17. The minimum atomic E-state index is -0.504. The number of thiazole rings is 2. The molecule has 258 valence electrons. The maximum atomic E-state index is 13.5. The van der Waals surface area contributed by atoms with Gasteiger partial charge in [0.15, 0.2) is 0 Å². The van der Waals surface area contributed by atoms with Crippen molar-refractivity contribution in [3.8, 4) is 0 Å². The van der Waals surface area contributed by atoms with Crippen LogP contribution in [0.25, 0.3) is 0 Å². The number of hydrogen-bond donors (Lipinski definition) is 3. The average molecular weight is 696 g/mol. The summed E-state index contributed by atoms with van der Waals surface area (Å²) in [5.41, 5.74) is 1.50. The van der Waals surface area contributed by atoms with E-state index in [-0.39, 0.29) is 72.1 Å². The molecule has 0 saturated heterocycles. The molecule has 0 fully saturated rings. The Bertz CT molecular complexity index is 1560. The van der Waals surface area contributed by atoms with Crippen LogP contribution in [0.2, 0.25) is 0 Å². The van der Waals surface area contributed by atoms with Crippen molar-refractivity contribution in [3.63, 3.8) is 0 Å². The van der Waals surface area contributed by atoms with Gasteiger partial charge < -0.3 is 25.8 Å². The monoisotopic (exact) mass is 695 g/mol. The lowest BCUT2D eigenvalue weighted by molar-refractivity contribution is -0.136. The first-order valence-electron chi connectivity index (χ1n) is 16.3. The number of nitrogens with one attached hydrogen (secondary N) is 3. The fraction of sp³-hybridized carbons (Fsp3) is 0.500. The Kier molecular flexibility index (Phi) is 13.6. The zero-order chi connectivity index (χ0) is 34.6. The van der Waals surface area contributed by atoms with Gasteiger partial charge in [-0.25, -0.2) is 9.97 Å². The highest BCUT2D eigenvalue weighted by Gasteiger charge is 2.26. The Labute approximate surface area is 289 Å². The molecule has 12 nitrogen and oxygen atoms in total. The van der Waals surface area contributed by atoms with E-state index in [0.29, 0.717) is 55.3 Å². The molecule has 3 N–H and O–H groups in total. The molecule has 3 heterocycles. The summed E-state index contributed by atoms with van der Waals surface area (Å²) in [5, 5.41) is 13.7. The van der Waals surface area contributed by atoms with E-state index >= 15 is 0 Å². The predicted molar refractivity (Wildman–Crippen MR) is 186 cm³/mol. The van der Waals surface area contributed by atoms with Crippen LogP contribution in [0.5, 0.6) is 0 Å². The lowest BCUT2D eigenvalue weighted by atomic mass is 10.0. The number of aromatic nitrogens is 2. The second-order valence-corrected chi connectivity index (χ2v) is 14.3. The summed E-state index contributed by atoms with van der Waals surface area (Å²) in [4.78, 5) is 77.3. The standard InChI is InChI=1S/C34H45N7O5S2/c1-22(2)18-24-33-39-27(21-48-33)32(46)37-25(19-23-10-6-5-7-11-23)34-38-26(20-47-34)31(45)35-15-9-17-41(16-8-12-28(42)36-24)30(44)14-13-29(43)40(3)4/h5-7,10-11,20-22,24-25H,8-9,12-19H2,1-4H3,(H,35,45)(H,36,42)(H,37,46)/t24-,25-/m0/s1. The highest BCUT2D eigenvalue weighted by atomic mass is 32.1. The molecule has 0 unspecified atom stereocenters. The van der Waals surface area contributed by atoms with Gasteiger partial charge in [0.2, 0.25) is 17.7 Å². The number of carbonyl (C=O) groups is 5. The molecule has 2 atom stereocenters. The number of fused-ring (bicyclic) bond motifs is 4. The van der Waals surface area contributed by atoms with Crippen molar-refractivity contribution in [2.24, 2.45) is 5.92 Å². The summed E-state index contributed by atoms with van der Waals surface area (Å²) in [5.74, 6) is -0.927. The zero-order valence-corrected chi connectivity index (χ0v) is 29.6. The van der Waals surface area contributed by atoms with E-state index in [1.54, 1.807) is 29.8 Å². The van der Waals surface area contributed by atoms with Crippen molar-refractivity contribution >= 4 is 52.2 Å². The maximum absolute atomic E-state index is 13.5. The maximum Gasteiger partial charge on any atom is 0.271 e. The van der Waals surface area contributed by atoms with Crippen molar-refractivity contribution in [1.82, 2.24) is 35.7 Å². The number of amides is 5. The smallest absolute Gasteiger partial charge is 0.271 e. The van der Waals surface area contributed by atoms with Crippen molar-refractivity contribution in [2.75, 3.05) is 33.7 Å². The molecule has 5 amide bonds. The van der Waals surface area contributed by atoms with E-state index in [1.807, 2.05) is 30.3 Å². The zero-order valence-electron chi connectivity index (χ0n) is 28.0. The van der Waals surface area contributed by atoms with Crippen molar-refractivity contribution in [3.05, 3.63) is 68.1 Å². The fourth-order valence-electron chi connectivity index (χ4n) is 5.30. The van der Waals surface area contributed by atoms with Crippen LogP contribution in [-0.4, -0.2) is 83.0 Å². The highest BCUT2D eigenvalue weighted by Crippen LogP contribution is 2.27. The summed E-state index contributed by atoms with van der Waals surface area (Å²) < 4.78 is 0. The molecule has 0 radical (unpaired) electrons. The molecular weight excluding hydrogens is 651 g/mol. The van der Waals surface area contributed by atoms with Crippen LogP contribution in [0.3, 0.4) is 0 Å². The quantitative estimate of drug-likeness (QED) is 0.336. The Balaban J connectivity index is 1.58. The summed E-state index contributed by atoms with van der Waals surface area (Å²) in [6.07, 6.45) is 2.38. The van der Waals surface area contributed by atoms with Crippen LogP contribution in [0.15, 0.2) is 41.1 Å².